The number of carbonyl (C=O) groups is 1. The van der Waals surface area contributed by atoms with Crippen molar-refractivity contribution in [2.24, 2.45) is 0 Å². The van der Waals surface area contributed by atoms with E-state index in [0.29, 0.717) is 41.7 Å². The van der Waals surface area contributed by atoms with Crippen LogP contribution in [0.1, 0.15) is 22.5 Å². The Balaban J connectivity index is 1.63. The van der Waals surface area contributed by atoms with Crippen molar-refractivity contribution >= 4 is 23.1 Å². The Bertz CT molecular complexity index is 1030. The predicted molar refractivity (Wildman–Crippen MR) is 113 cm³/mol. The topological polar surface area (TPSA) is 115 Å². The first kappa shape index (κ1) is 20.7. The van der Waals surface area contributed by atoms with Crippen LogP contribution in [0, 0.1) is 5.82 Å². The highest BCUT2D eigenvalue weighted by atomic mass is 19.1. The molecule has 9 heteroatoms. The van der Waals surface area contributed by atoms with Crippen molar-refractivity contribution in [1.29, 1.82) is 0 Å². The van der Waals surface area contributed by atoms with Crippen LogP contribution < -0.4 is 21.1 Å². The molecule has 8 nitrogen and oxygen atoms in total. The van der Waals surface area contributed by atoms with Gasteiger partial charge in [-0.2, -0.15) is 0 Å². The average molecular weight is 408 g/mol. The van der Waals surface area contributed by atoms with E-state index < -0.39 is 11.7 Å². The minimum atomic E-state index is -0.470. The van der Waals surface area contributed by atoms with Gasteiger partial charge in [-0.15, -0.1) is 6.58 Å². The first-order valence-electron chi connectivity index (χ1n) is 9.16. The zero-order valence-corrected chi connectivity index (χ0v) is 16.1. The number of amides is 1. The lowest BCUT2D eigenvalue weighted by atomic mass is 10.1. The van der Waals surface area contributed by atoms with Crippen LogP contribution >= 0.6 is 0 Å². The lowest BCUT2D eigenvalue weighted by molar-refractivity contribution is 0.102. The van der Waals surface area contributed by atoms with Crippen LogP contribution in [0.3, 0.4) is 0 Å². The summed E-state index contributed by atoms with van der Waals surface area (Å²) < 4.78 is 19.5. The molecule has 2 heterocycles. The third-order valence-electron chi connectivity index (χ3n) is 4.04. The molecule has 0 bridgehead atoms. The quantitative estimate of drug-likeness (QED) is 0.367. The van der Waals surface area contributed by atoms with Crippen LogP contribution in [0.25, 0.3) is 0 Å². The maximum atomic E-state index is 14.2. The SMILES string of the molecule is C=CCCOc1cnc(C(=O)Nc2ccc(F)c(CNc3cccnc3N)c2)cn1. The van der Waals surface area contributed by atoms with Crippen LogP contribution in [0.2, 0.25) is 0 Å². The van der Waals surface area contributed by atoms with Crippen LogP contribution in [0.5, 0.6) is 5.88 Å². The molecule has 0 atom stereocenters. The normalized spacial score (nSPS) is 10.3. The van der Waals surface area contributed by atoms with E-state index in [1.807, 2.05) is 0 Å². The lowest BCUT2D eigenvalue weighted by Gasteiger charge is -2.11. The fourth-order valence-electron chi connectivity index (χ4n) is 2.50. The lowest BCUT2D eigenvalue weighted by Crippen LogP contribution is -2.15. The summed E-state index contributed by atoms with van der Waals surface area (Å²) in [7, 11) is 0. The summed E-state index contributed by atoms with van der Waals surface area (Å²) in [5.41, 5.74) is 7.26. The monoisotopic (exact) mass is 408 g/mol. The van der Waals surface area contributed by atoms with Gasteiger partial charge in [-0.05, 0) is 36.8 Å². The van der Waals surface area contributed by atoms with E-state index in [2.05, 4.69) is 32.2 Å². The fraction of sp³-hybridized carbons (Fsp3) is 0.143. The summed E-state index contributed by atoms with van der Waals surface area (Å²) in [4.78, 5) is 24.5. The van der Waals surface area contributed by atoms with Crippen LogP contribution in [0.15, 0.2) is 61.6 Å². The van der Waals surface area contributed by atoms with Gasteiger partial charge in [-0.3, -0.25) is 4.79 Å². The van der Waals surface area contributed by atoms with E-state index in [9.17, 15) is 9.18 Å². The van der Waals surface area contributed by atoms with E-state index in [0.717, 1.165) is 0 Å². The molecule has 0 aliphatic rings. The van der Waals surface area contributed by atoms with Gasteiger partial charge < -0.3 is 21.1 Å². The number of nitrogen functional groups attached to an aromatic ring is 1. The van der Waals surface area contributed by atoms with Crippen molar-refractivity contribution in [2.75, 3.05) is 23.0 Å². The van der Waals surface area contributed by atoms with Gasteiger partial charge in [0.25, 0.3) is 5.91 Å². The second-order valence-corrected chi connectivity index (χ2v) is 6.22. The zero-order chi connectivity index (χ0) is 21.3. The predicted octanol–water partition coefficient (Wildman–Crippen LogP) is 3.41. The summed E-state index contributed by atoms with van der Waals surface area (Å²) in [6, 6.07) is 7.75. The Hall–Kier alpha value is -4.01. The standard InChI is InChI=1S/C21H21FN6O2/c1-2-3-9-30-19-13-26-18(12-27-19)21(29)28-15-6-7-16(22)14(10-15)11-25-17-5-4-8-24-20(17)23/h2,4-8,10,12-13,25H,1,3,9,11H2,(H2,23,24)(H,28,29). The first-order chi connectivity index (χ1) is 14.6. The molecule has 1 amide bonds. The Kier molecular flexibility index (Phi) is 6.88. The van der Waals surface area contributed by atoms with Crippen LogP contribution in [-0.2, 0) is 6.54 Å². The molecule has 2 aromatic heterocycles. The number of benzene rings is 1. The minimum Gasteiger partial charge on any atom is -0.476 e. The van der Waals surface area contributed by atoms with Crippen molar-refractivity contribution in [2.45, 2.75) is 13.0 Å². The number of aromatic nitrogens is 3. The molecule has 30 heavy (non-hydrogen) atoms. The smallest absolute Gasteiger partial charge is 0.275 e. The Labute approximate surface area is 173 Å². The first-order valence-corrected chi connectivity index (χ1v) is 9.16. The number of carbonyl (C=O) groups excluding carboxylic acids is 1. The number of rotatable bonds is 9. The molecule has 154 valence electrons. The molecular formula is C21H21FN6O2. The van der Waals surface area contributed by atoms with Gasteiger partial charge >= 0.3 is 0 Å². The van der Waals surface area contributed by atoms with E-state index in [-0.39, 0.29) is 12.2 Å². The Morgan fingerprint density at radius 1 is 1.23 bits per heavy atom. The van der Waals surface area contributed by atoms with Crippen LogP contribution in [-0.4, -0.2) is 27.5 Å². The van der Waals surface area contributed by atoms with Gasteiger partial charge in [-0.25, -0.2) is 19.3 Å². The van der Waals surface area contributed by atoms with E-state index in [1.54, 1.807) is 24.4 Å². The van der Waals surface area contributed by atoms with Crippen LogP contribution in [0.4, 0.5) is 21.6 Å². The van der Waals surface area contributed by atoms with Gasteiger partial charge in [0.1, 0.15) is 17.3 Å². The molecule has 0 saturated heterocycles. The van der Waals surface area contributed by atoms with Crippen molar-refractivity contribution in [3.05, 3.63) is 78.7 Å². The third kappa shape index (κ3) is 5.51. The third-order valence-corrected chi connectivity index (χ3v) is 4.04. The van der Waals surface area contributed by atoms with Gasteiger partial charge in [-0.1, -0.05) is 6.08 Å². The fourth-order valence-corrected chi connectivity index (χ4v) is 2.50. The van der Waals surface area contributed by atoms with E-state index in [1.165, 1.54) is 30.6 Å². The van der Waals surface area contributed by atoms with Crippen molar-refractivity contribution in [1.82, 2.24) is 15.0 Å². The molecule has 0 aliphatic heterocycles. The molecule has 4 N–H and O–H groups in total. The Morgan fingerprint density at radius 3 is 2.83 bits per heavy atom. The molecule has 0 unspecified atom stereocenters. The number of nitrogens with one attached hydrogen (secondary N) is 2. The maximum absolute atomic E-state index is 14.2. The van der Waals surface area contributed by atoms with Crippen molar-refractivity contribution < 1.29 is 13.9 Å². The molecule has 3 aromatic rings. The summed E-state index contributed by atoms with van der Waals surface area (Å²) in [5, 5.41) is 5.71. The maximum Gasteiger partial charge on any atom is 0.275 e. The molecule has 0 spiro atoms. The number of ether oxygens (including phenoxy) is 1. The number of halogens is 1. The van der Waals surface area contributed by atoms with Gasteiger partial charge in [0, 0.05) is 24.0 Å². The van der Waals surface area contributed by atoms with Gasteiger partial charge in [0.05, 0.1) is 24.7 Å². The molecule has 0 aliphatic carbocycles. The zero-order valence-electron chi connectivity index (χ0n) is 16.1. The number of pyridine rings is 1. The highest BCUT2D eigenvalue weighted by Gasteiger charge is 2.11. The average Bonchev–Trinajstić information content (AvgIpc) is 2.75. The summed E-state index contributed by atoms with van der Waals surface area (Å²) in [6.45, 7) is 4.21. The summed E-state index contributed by atoms with van der Waals surface area (Å²) in [5.74, 6) is -0.248. The number of hydrogen-bond donors (Lipinski definition) is 3. The van der Waals surface area contributed by atoms with Gasteiger partial charge in [0.15, 0.2) is 0 Å². The van der Waals surface area contributed by atoms with Crippen molar-refractivity contribution in [3.8, 4) is 5.88 Å². The molecule has 3 rings (SSSR count). The number of anilines is 3. The second kappa shape index (κ2) is 9.97. The number of nitrogens with zero attached hydrogens (tertiary/aromatic N) is 3. The Morgan fingerprint density at radius 2 is 2.10 bits per heavy atom. The number of hydrogen-bond acceptors (Lipinski definition) is 7. The largest absolute Gasteiger partial charge is 0.476 e. The summed E-state index contributed by atoms with van der Waals surface area (Å²) >= 11 is 0. The molecule has 0 saturated carbocycles. The summed E-state index contributed by atoms with van der Waals surface area (Å²) in [6.07, 6.45) is 6.67. The highest BCUT2D eigenvalue weighted by Crippen LogP contribution is 2.19. The van der Waals surface area contributed by atoms with E-state index in [4.69, 9.17) is 10.5 Å². The molecular weight excluding hydrogens is 387 g/mol. The highest BCUT2D eigenvalue weighted by molar-refractivity contribution is 6.02. The second-order valence-electron chi connectivity index (χ2n) is 6.22. The van der Waals surface area contributed by atoms with Crippen molar-refractivity contribution in [3.63, 3.8) is 0 Å². The minimum absolute atomic E-state index is 0.109. The van der Waals surface area contributed by atoms with E-state index >= 15 is 0 Å². The van der Waals surface area contributed by atoms with Gasteiger partial charge in [0.2, 0.25) is 5.88 Å². The molecule has 0 radical (unpaired) electrons. The molecule has 0 fully saturated rings. The molecule has 1 aromatic carbocycles. The number of nitrogens with two attached hydrogens (primary N) is 1.